The van der Waals surface area contributed by atoms with Crippen LogP contribution in [0.3, 0.4) is 0 Å². The average Bonchev–Trinajstić information content (AvgIpc) is 3.33. The molecule has 0 aromatic heterocycles. The van der Waals surface area contributed by atoms with Gasteiger partial charge in [-0.2, -0.15) is 0 Å². The number of hydrogen-bond acceptors (Lipinski definition) is 6. The third-order valence-electron chi connectivity index (χ3n) is 11.6. The van der Waals surface area contributed by atoms with E-state index in [2.05, 4.69) is 118 Å². The minimum Gasteiger partial charge on any atom is -0.462 e. The predicted octanol–water partition coefficient (Wildman–Crippen LogP) is 18.5. The van der Waals surface area contributed by atoms with E-state index in [1.165, 1.54) is 89.9 Å². The summed E-state index contributed by atoms with van der Waals surface area (Å²) >= 11 is 0. The minimum atomic E-state index is -0.773. The van der Waals surface area contributed by atoms with E-state index in [4.69, 9.17) is 14.2 Å². The Bertz CT molecular complexity index is 1350. The number of carbonyl (C=O) groups excluding carboxylic acids is 3. The maximum atomic E-state index is 12.7. The molecule has 0 rings (SSSR count). The molecule has 0 aromatic rings. The molecule has 0 N–H and O–H groups in total. The van der Waals surface area contributed by atoms with Crippen LogP contribution >= 0.6 is 0 Å². The molecule has 0 saturated carbocycles. The third-order valence-corrected chi connectivity index (χ3v) is 11.6. The van der Waals surface area contributed by atoms with Crippen molar-refractivity contribution >= 4 is 17.9 Å². The zero-order chi connectivity index (χ0) is 48.6. The number of carbonyl (C=O) groups is 3. The van der Waals surface area contributed by atoms with E-state index < -0.39 is 6.10 Å². The Balaban J connectivity index is 4.03. The number of allylic oxidation sites excluding steroid dienone is 16. The molecule has 0 spiro atoms. The molecule has 0 aromatic carbocycles. The summed E-state index contributed by atoms with van der Waals surface area (Å²) in [6.07, 6.45) is 73.1. The molecule has 0 aliphatic heterocycles. The summed E-state index contributed by atoms with van der Waals surface area (Å²) in [5.41, 5.74) is 0. The standard InChI is InChI=1S/C61H102O6/c1-4-7-10-13-15-17-19-20-21-22-23-24-25-26-27-28-29-30-31-32-33-34-35-36-37-38-39-40-42-43-45-48-51-54-60(63)66-57-58(56-65-59(62)53-50-47-12-9-6-3)67-61(64)55-52-49-46-44-41-18-16-14-11-8-5-2/h7,10,15,17,20-21,23-24,26-27,29-30,32-33,35-36,58H,4-6,8-9,11-14,16,18-19,22,25,28,31,34,37-57H2,1-3H3/b10-7-,17-15-,21-20-,24-23-,27-26-,30-29-,33-32-,36-35-. The maximum absolute atomic E-state index is 12.7. The van der Waals surface area contributed by atoms with Gasteiger partial charge in [0.25, 0.3) is 0 Å². The predicted molar refractivity (Wildman–Crippen MR) is 288 cm³/mol. The fourth-order valence-electron chi connectivity index (χ4n) is 7.46. The maximum Gasteiger partial charge on any atom is 0.306 e. The monoisotopic (exact) mass is 931 g/mol. The lowest BCUT2D eigenvalue weighted by Crippen LogP contribution is -2.30. The second kappa shape index (κ2) is 54.9. The van der Waals surface area contributed by atoms with Crippen LogP contribution in [-0.2, 0) is 28.6 Å². The van der Waals surface area contributed by atoms with Gasteiger partial charge >= 0.3 is 17.9 Å². The summed E-state index contributed by atoms with van der Waals surface area (Å²) in [7, 11) is 0. The molecule has 1 atom stereocenters. The number of unbranched alkanes of at least 4 members (excludes halogenated alkanes) is 22. The van der Waals surface area contributed by atoms with Gasteiger partial charge in [0.05, 0.1) is 0 Å². The zero-order valence-electron chi connectivity index (χ0n) is 43.6. The first-order valence-electron chi connectivity index (χ1n) is 27.7. The number of ether oxygens (including phenoxy) is 3. The molecule has 0 aliphatic rings. The second-order valence-electron chi connectivity index (χ2n) is 18.1. The van der Waals surface area contributed by atoms with E-state index in [9.17, 15) is 14.4 Å². The smallest absolute Gasteiger partial charge is 0.306 e. The first-order chi connectivity index (χ1) is 33.0. The van der Waals surface area contributed by atoms with Crippen LogP contribution in [0.2, 0.25) is 0 Å². The highest BCUT2D eigenvalue weighted by molar-refractivity contribution is 5.71. The van der Waals surface area contributed by atoms with Gasteiger partial charge < -0.3 is 14.2 Å². The van der Waals surface area contributed by atoms with Crippen molar-refractivity contribution in [2.75, 3.05) is 13.2 Å². The Hall–Kier alpha value is -3.67. The lowest BCUT2D eigenvalue weighted by Gasteiger charge is -2.18. The molecular formula is C61H102O6. The summed E-state index contributed by atoms with van der Waals surface area (Å²) in [5, 5.41) is 0. The van der Waals surface area contributed by atoms with Crippen LogP contribution in [0.1, 0.15) is 252 Å². The molecule has 6 heteroatoms. The molecule has 0 fully saturated rings. The third kappa shape index (κ3) is 53.2. The summed E-state index contributed by atoms with van der Waals surface area (Å²) in [6, 6.07) is 0. The van der Waals surface area contributed by atoms with Crippen LogP contribution in [0.5, 0.6) is 0 Å². The molecule has 1 unspecified atom stereocenters. The van der Waals surface area contributed by atoms with Crippen molar-refractivity contribution in [2.45, 2.75) is 258 Å². The van der Waals surface area contributed by atoms with Gasteiger partial charge in [-0.05, 0) is 83.5 Å². The lowest BCUT2D eigenvalue weighted by molar-refractivity contribution is -0.167. The zero-order valence-corrected chi connectivity index (χ0v) is 43.6. The van der Waals surface area contributed by atoms with Gasteiger partial charge in [0.1, 0.15) is 13.2 Å². The van der Waals surface area contributed by atoms with E-state index in [0.717, 1.165) is 122 Å². The Kier molecular flexibility index (Phi) is 51.9. The molecule has 0 saturated heterocycles. The Morgan fingerprint density at radius 1 is 0.313 bits per heavy atom. The molecule has 0 amide bonds. The van der Waals surface area contributed by atoms with Crippen molar-refractivity contribution in [1.29, 1.82) is 0 Å². The Labute approximate surface area is 413 Å². The van der Waals surface area contributed by atoms with Crippen molar-refractivity contribution in [3.63, 3.8) is 0 Å². The topological polar surface area (TPSA) is 78.9 Å². The van der Waals surface area contributed by atoms with Crippen LogP contribution in [0, 0.1) is 0 Å². The summed E-state index contributed by atoms with van der Waals surface area (Å²) < 4.78 is 16.6. The molecular weight excluding hydrogens is 829 g/mol. The van der Waals surface area contributed by atoms with Crippen LogP contribution in [-0.4, -0.2) is 37.2 Å². The average molecular weight is 931 g/mol. The van der Waals surface area contributed by atoms with E-state index in [1.807, 2.05) is 0 Å². The molecule has 0 heterocycles. The van der Waals surface area contributed by atoms with Gasteiger partial charge in [-0.15, -0.1) is 0 Å². The van der Waals surface area contributed by atoms with Crippen molar-refractivity contribution in [2.24, 2.45) is 0 Å². The molecule has 67 heavy (non-hydrogen) atoms. The van der Waals surface area contributed by atoms with E-state index in [0.29, 0.717) is 19.3 Å². The fraction of sp³-hybridized carbons (Fsp3) is 0.689. The van der Waals surface area contributed by atoms with Crippen LogP contribution in [0.15, 0.2) is 97.2 Å². The first-order valence-corrected chi connectivity index (χ1v) is 27.7. The minimum absolute atomic E-state index is 0.0784. The highest BCUT2D eigenvalue weighted by Crippen LogP contribution is 2.15. The van der Waals surface area contributed by atoms with Gasteiger partial charge in [0, 0.05) is 19.3 Å². The number of hydrogen-bond donors (Lipinski definition) is 0. The van der Waals surface area contributed by atoms with Gasteiger partial charge in [-0.1, -0.05) is 246 Å². The van der Waals surface area contributed by atoms with Crippen molar-refractivity contribution < 1.29 is 28.6 Å². The largest absolute Gasteiger partial charge is 0.462 e. The van der Waals surface area contributed by atoms with Crippen LogP contribution < -0.4 is 0 Å². The lowest BCUT2D eigenvalue weighted by atomic mass is 10.1. The van der Waals surface area contributed by atoms with Gasteiger partial charge in [-0.3, -0.25) is 14.4 Å². The normalized spacial score (nSPS) is 12.8. The molecule has 382 valence electrons. The first kappa shape index (κ1) is 63.3. The van der Waals surface area contributed by atoms with Crippen molar-refractivity contribution in [3.05, 3.63) is 97.2 Å². The molecule has 6 nitrogen and oxygen atoms in total. The van der Waals surface area contributed by atoms with Gasteiger partial charge in [0.15, 0.2) is 6.10 Å². The van der Waals surface area contributed by atoms with E-state index in [-0.39, 0.29) is 31.1 Å². The Morgan fingerprint density at radius 3 is 0.910 bits per heavy atom. The highest BCUT2D eigenvalue weighted by Gasteiger charge is 2.19. The van der Waals surface area contributed by atoms with E-state index >= 15 is 0 Å². The summed E-state index contributed by atoms with van der Waals surface area (Å²) in [5.74, 6) is -0.902. The molecule has 0 radical (unpaired) electrons. The molecule has 0 bridgehead atoms. The fourth-order valence-corrected chi connectivity index (χ4v) is 7.46. The van der Waals surface area contributed by atoms with Crippen molar-refractivity contribution in [3.8, 4) is 0 Å². The van der Waals surface area contributed by atoms with Crippen LogP contribution in [0.4, 0.5) is 0 Å². The van der Waals surface area contributed by atoms with E-state index in [1.54, 1.807) is 0 Å². The van der Waals surface area contributed by atoms with Gasteiger partial charge in [0.2, 0.25) is 0 Å². The summed E-state index contributed by atoms with van der Waals surface area (Å²) in [6.45, 7) is 6.42. The Morgan fingerprint density at radius 2 is 0.582 bits per heavy atom. The second-order valence-corrected chi connectivity index (χ2v) is 18.1. The highest BCUT2D eigenvalue weighted by atomic mass is 16.6. The quantitative estimate of drug-likeness (QED) is 0.0262. The van der Waals surface area contributed by atoms with Crippen LogP contribution in [0.25, 0.3) is 0 Å². The van der Waals surface area contributed by atoms with Gasteiger partial charge in [-0.25, -0.2) is 0 Å². The molecule has 0 aliphatic carbocycles. The number of rotatable bonds is 49. The summed E-state index contributed by atoms with van der Waals surface area (Å²) in [4.78, 5) is 37.6. The number of esters is 3. The van der Waals surface area contributed by atoms with Crippen molar-refractivity contribution in [1.82, 2.24) is 0 Å². The SMILES string of the molecule is CC/C=C\C/C=C\C/C=C\C/C=C\C/C=C\C/C=C\C/C=C\C/C=C\CCCCCCCCCCC(=O)OCC(COC(=O)CCCCCCC)OC(=O)CCCCCCCCCCCCC.